The summed E-state index contributed by atoms with van der Waals surface area (Å²) in [7, 11) is 0. The topological polar surface area (TPSA) is 135 Å². The molecule has 0 aromatic carbocycles. The fraction of sp³-hybridized carbons (Fsp3) is 0.545. The molecule has 0 spiro atoms. The second-order valence-electron chi connectivity index (χ2n) is 5.13. The van der Waals surface area contributed by atoms with E-state index in [9.17, 15) is 9.67 Å². The summed E-state index contributed by atoms with van der Waals surface area (Å²) < 4.78 is 30.3. The summed E-state index contributed by atoms with van der Waals surface area (Å²) in [5.74, 6) is 0.241. The van der Waals surface area contributed by atoms with Crippen LogP contribution in [0.3, 0.4) is 0 Å². The SMILES string of the molecule is CSP1(=O)OCC2OC(n3cnc4c(N)ncnc43)C(O)C2O1. The Morgan fingerprint density at radius 1 is 1.48 bits per heavy atom. The van der Waals surface area contributed by atoms with E-state index < -0.39 is 31.3 Å². The van der Waals surface area contributed by atoms with Gasteiger partial charge in [0.25, 0.3) is 0 Å². The summed E-state index contributed by atoms with van der Waals surface area (Å²) in [5, 5.41) is 10.6. The number of aliphatic hydroxyl groups excluding tert-OH is 1. The summed E-state index contributed by atoms with van der Waals surface area (Å²) >= 11 is 0.990. The zero-order valence-corrected chi connectivity index (χ0v) is 13.7. The molecule has 3 N–H and O–H groups in total. The lowest BCUT2D eigenvalue weighted by molar-refractivity contribution is -0.0562. The molecule has 124 valence electrons. The van der Waals surface area contributed by atoms with Gasteiger partial charge in [0, 0.05) is 0 Å². The zero-order valence-electron chi connectivity index (χ0n) is 12.0. The Balaban J connectivity index is 1.68. The number of nitrogen functional groups attached to an aromatic ring is 1. The number of aliphatic hydroxyl groups is 1. The summed E-state index contributed by atoms with van der Waals surface area (Å²) in [5.41, 5.74) is 6.62. The summed E-state index contributed by atoms with van der Waals surface area (Å²) in [6, 6.07) is 0. The molecule has 5 unspecified atom stereocenters. The summed E-state index contributed by atoms with van der Waals surface area (Å²) in [6.45, 7) is -3.17. The van der Waals surface area contributed by atoms with Crippen LogP contribution in [0, 0.1) is 0 Å². The minimum Gasteiger partial charge on any atom is -0.386 e. The van der Waals surface area contributed by atoms with Crippen LogP contribution in [-0.2, 0) is 18.3 Å². The zero-order chi connectivity index (χ0) is 16.2. The smallest absolute Gasteiger partial charge is 0.386 e. The number of rotatable bonds is 2. The Morgan fingerprint density at radius 3 is 3.09 bits per heavy atom. The molecule has 2 aromatic heterocycles. The highest BCUT2D eigenvalue weighted by atomic mass is 32.7. The number of fused-ring (bicyclic) bond motifs is 2. The van der Waals surface area contributed by atoms with Crippen LogP contribution in [0.4, 0.5) is 5.82 Å². The average Bonchev–Trinajstić information content (AvgIpc) is 3.10. The lowest BCUT2D eigenvalue weighted by atomic mass is 10.1. The van der Waals surface area contributed by atoms with E-state index in [0.29, 0.717) is 11.2 Å². The van der Waals surface area contributed by atoms with Gasteiger partial charge in [0.2, 0.25) is 0 Å². The third-order valence-corrected chi connectivity index (χ3v) is 7.17. The van der Waals surface area contributed by atoms with Crippen molar-refractivity contribution in [3.8, 4) is 0 Å². The van der Waals surface area contributed by atoms with Gasteiger partial charge < -0.3 is 15.6 Å². The maximum atomic E-state index is 12.2. The molecular weight excluding hydrogens is 345 g/mol. The molecule has 2 saturated heterocycles. The van der Waals surface area contributed by atoms with E-state index in [-0.39, 0.29) is 12.4 Å². The largest absolute Gasteiger partial charge is 0.389 e. The number of imidazole rings is 1. The van der Waals surface area contributed by atoms with Crippen molar-refractivity contribution >= 4 is 35.2 Å². The quantitative estimate of drug-likeness (QED) is 0.732. The van der Waals surface area contributed by atoms with Gasteiger partial charge in [-0.25, -0.2) is 19.5 Å². The third-order valence-electron chi connectivity index (χ3n) is 3.84. The molecule has 12 heteroatoms. The Hall–Kier alpha value is -1.23. The number of ether oxygens (including phenoxy) is 1. The summed E-state index contributed by atoms with van der Waals surface area (Å²) in [6.07, 6.45) is 1.30. The van der Waals surface area contributed by atoms with Crippen molar-refractivity contribution in [1.82, 2.24) is 19.5 Å². The van der Waals surface area contributed by atoms with Crippen molar-refractivity contribution < 1.29 is 23.5 Å². The van der Waals surface area contributed by atoms with Gasteiger partial charge in [0.05, 0.1) is 12.9 Å². The lowest BCUT2D eigenvalue weighted by Gasteiger charge is -2.30. The van der Waals surface area contributed by atoms with Crippen LogP contribution in [-0.4, -0.2) is 55.8 Å². The standard InChI is InChI=1S/C11H14N5O5PS/c1-23-22(18)19-2-5-8(21-22)7(17)11(20-5)16-4-15-6-9(12)13-3-14-10(6)16/h3-5,7-8,11,17H,2H2,1H3,(H2,12,13,14). The van der Waals surface area contributed by atoms with Crippen molar-refractivity contribution in [2.75, 3.05) is 18.6 Å². The molecule has 23 heavy (non-hydrogen) atoms. The summed E-state index contributed by atoms with van der Waals surface area (Å²) in [4.78, 5) is 12.2. The third kappa shape index (κ3) is 2.35. The van der Waals surface area contributed by atoms with E-state index in [0.717, 1.165) is 11.4 Å². The first-order valence-electron chi connectivity index (χ1n) is 6.77. The Labute approximate surface area is 134 Å². The molecule has 4 rings (SSSR count). The average molecular weight is 359 g/mol. The Bertz CT molecular complexity index is 802. The van der Waals surface area contributed by atoms with Crippen LogP contribution in [0.1, 0.15) is 6.23 Å². The second-order valence-corrected chi connectivity index (χ2v) is 9.30. The highest BCUT2D eigenvalue weighted by Crippen LogP contribution is 2.64. The molecule has 4 heterocycles. The number of nitrogens with zero attached hydrogens (tertiary/aromatic N) is 4. The first kappa shape index (κ1) is 15.3. The molecule has 2 aliphatic heterocycles. The lowest BCUT2D eigenvalue weighted by Crippen LogP contribution is -2.38. The molecule has 5 atom stereocenters. The van der Waals surface area contributed by atoms with Gasteiger partial charge in [-0.1, -0.05) is 0 Å². The minimum atomic E-state index is -3.25. The van der Waals surface area contributed by atoms with E-state index in [1.165, 1.54) is 12.7 Å². The van der Waals surface area contributed by atoms with E-state index >= 15 is 0 Å². The number of nitrogens with two attached hydrogens (primary N) is 1. The predicted molar refractivity (Wildman–Crippen MR) is 81.6 cm³/mol. The van der Waals surface area contributed by atoms with Crippen LogP contribution >= 0.6 is 18.2 Å². The van der Waals surface area contributed by atoms with Gasteiger partial charge in [-0.15, -0.1) is 0 Å². The van der Waals surface area contributed by atoms with Crippen LogP contribution in [0.2, 0.25) is 0 Å². The number of hydrogen-bond acceptors (Lipinski definition) is 10. The molecule has 0 radical (unpaired) electrons. The highest BCUT2D eigenvalue weighted by Gasteiger charge is 2.52. The molecular formula is C11H14N5O5PS. The molecule has 2 aliphatic rings. The Kier molecular flexibility index (Phi) is 3.59. The van der Waals surface area contributed by atoms with Gasteiger partial charge >= 0.3 is 6.80 Å². The van der Waals surface area contributed by atoms with Crippen molar-refractivity contribution in [1.29, 1.82) is 0 Å². The van der Waals surface area contributed by atoms with Gasteiger partial charge in [0.1, 0.15) is 30.2 Å². The number of aromatic nitrogens is 4. The van der Waals surface area contributed by atoms with E-state index in [4.69, 9.17) is 19.5 Å². The molecule has 0 saturated carbocycles. The Morgan fingerprint density at radius 2 is 2.30 bits per heavy atom. The van der Waals surface area contributed by atoms with Crippen LogP contribution in [0.15, 0.2) is 12.7 Å². The fourth-order valence-corrected chi connectivity index (χ4v) is 4.91. The van der Waals surface area contributed by atoms with Gasteiger partial charge in [-0.2, -0.15) is 0 Å². The molecule has 0 bridgehead atoms. The van der Waals surface area contributed by atoms with Crippen LogP contribution < -0.4 is 5.73 Å². The van der Waals surface area contributed by atoms with Crippen molar-refractivity contribution in [2.45, 2.75) is 24.5 Å². The first-order valence-corrected chi connectivity index (χ1v) is 10.1. The van der Waals surface area contributed by atoms with Crippen LogP contribution in [0.5, 0.6) is 0 Å². The molecule has 0 aliphatic carbocycles. The maximum Gasteiger partial charge on any atom is 0.389 e. The highest BCUT2D eigenvalue weighted by molar-refractivity contribution is 8.54. The predicted octanol–water partition coefficient (Wildman–Crippen LogP) is 0.553. The van der Waals surface area contributed by atoms with E-state index in [1.807, 2.05) is 0 Å². The van der Waals surface area contributed by atoms with Gasteiger partial charge in [-0.3, -0.25) is 13.6 Å². The monoisotopic (exact) mass is 359 g/mol. The second kappa shape index (κ2) is 5.40. The van der Waals surface area contributed by atoms with E-state index in [1.54, 1.807) is 10.8 Å². The molecule has 0 amide bonds. The van der Waals surface area contributed by atoms with Crippen molar-refractivity contribution in [3.05, 3.63) is 12.7 Å². The normalized spacial score (nSPS) is 37.1. The van der Waals surface area contributed by atoms with E-state index in [2.05, 4.69) is 15.0 Å². The fourth-order valence-electron chi connectivity index (χ4n) is 2.71. The number of anilines is 1. The number of hydrogen-bond donors (Lipinski definition) is 2. The molecule has 2 fully saturated rings. The molecule has 10 nitrogen and oxygen atoms in total. The van der Waals surface area contributed by atoms with Crippen LogP contribution in [0.25, 0.3) is 11.2 Å². The maximum absolute atomic E-state index is 12.2. The minimum absolute atomic E-state index is 0.0834. The van der Waals surface area contributed by atoms with Gasteiger partial charge in [-0.05, 0) is 17.6 Å². The van der Waals surface area contributed by atoms with Crippen molar-refractivity contribution in [2.24, 2.45) is 0 Å². The van der Waals surface area contributed by atoms with Crippen molar-refractivity contribution in [3.63, 3.8) is 0 Å². The van der Waals surface area contributed by atoms with Gasteiger partial charge in [0.15, 0.2) is 17.7 Å². The molecule has 2 aromatic rings. The first-order chi connectivity index (χ1) is 11.0.